The molecule has 99 heavy (non-hydrogen) atoms. The summed E-state index contributed by atoms with van der Waals surface area (Å²) in [7, 11) is 0. The third-order valence-electron chi connectivity index (χ3n) is 18.1. The van der Waals surface area contributed by atoms with E-state index < -0.39 is 0 Å². The Hall–Kier alpha value is -13.0. The molecule has 0 atom stereocenters. The lowest BCUT2D eigenvalue weighted by Crippen LogP contribution is -2.10. The second-order valence-corrected chi connectivity index (χ2v) is 24.7. The van der Waals surface area contributed by atoms with Crippen LogP contribution in [0.4, 0.5) is 68.2 Å². The lowest BCUT2D eigenvalue weighted by Gasteiger charge is -2.26. The third kappa shape index (κ3) is 14.5. The van der Waals surface area contributed by atoms with Crippen LogP contribution in [0.25, 0.3) is 68.8 Å². The van der Waals surface area contributed by atoms with Crippen molar-refractivity contribution in [2.45, 2.75) is 6.92 Å². The summed E-state index contributed by atoms with van der Waals surface area (Å²) in [4.78, 5) is 9.25. The summed E-state index contributed by atoms with van der Waals surface area (Å²) in [6.45, 7) is 2.14. The number of nitrogens with zero attached hydrogens (tertiary/aromatic N) is 4. The standard InChI is InChI=1S/C95H72N4/c1-71-33-57-89(58-34-71)99(94-65-53-79(54-66-94)77-49-41-73(42-50-77)36-38-75-45-61-91(62-46-75)97(86-26-11-4-12-27-86)87-28-13-5-14-29-87)95-32-18-21-83(70-95)82-20-17-19-81(69-82)80-55-67-93(68-56-80)98(88-30-15-6-16-31-88)92-63-51-78(52-64-92)76-47-39-72(40-48-76)35-37-74-43-59-90(60-44-74)96(84-22-7-2-8-23-84)85-24-9-3-10-25-85/h2-70H,1H3/b37-35+,38-36+. The van der Waals surface area contributed by atoms with Crippen LogP contribution in [0.15, 0.2) is 394 Å². The van der Waals surface area contributed by atoms with Crippen LogP contribution < -0.4 is 19.6 Å². The van der Waals surface area contributed by atoms with Gasteiger partial charge < -0.3 is 19.6 Å². The molecule has 0 aliphatic carbocycles. The number of para-hydroxylation sites is 5. The van der Waals surface area contributed by atoms with Gasteiger partial charge in [-0.1, -0.05) is 273 Å². The monoisotopic (exact) mass is 1270 g/mol. The molecule has 15 aromatic rings. The Morgan fingerprint density at radius 3 is 0.646 bits per heavy atom. The van der Waals surface area contributed by atoms with Crippen LogP contribution in [0.3, 0.4) is 0 Å². The van der Waals surface area contributed by atoms with Gasteiger partial charge in [-0.05, 0) is 225 Å². The molecule has 0 heterocycles. The first kappa shape index (κ1) is 62.1. The Morgan fingerprint density at radius 1 is 0.152 bits per heavy atom. The Morgan fingerprint density at radius 2 is 0.343 bits per heavy atom. The summed E-state index contributed by atoms with van der Waals surface area (Å²) in [5.74, 6) is 0. The largest absolute Gasteiger partial charge is 0.311 e. The molecule has 0 fully saturated rings. The molecule has 4 nitrogen and oxygen atoms in total. The summed E-state index contributed by atoms with van der Waals surface area (Å²) in [5.41, 5.74) is 28.3. The van der Waals surface area contributed by atoms with Gasteiger partial charge in [-0.2, -0.15) is 0 Å². The summed E-state index contributed by atoms with van der Waals surface area (Å²) < 4.78 is 0. The Balaban J connectivity index is 0.617. The SMILES string of the molecule is Cc1ccc(N(c2ccc(-c3ccc(/C=C/c4ccc(N(c5ccccc5)c5ccccc5)cc4)cc3)cc2)c2cccc(-c3cccc(-c4ccc(N(c5ccccc5)c5ccc(-c6ccc(/C=C/c7ccc(N(c8ccccc8)c8ccccc8)cc7)cc6)cc5)cc4)c3)c2)cc1. The molecule has 0 aromatic heterocycles. The van der Waals surface area contributed by atoms with E-state index in [9.17, 15) is 0 Å². The zero-order chi connectivity index (χ0) is 66.5. The van der Waals surface area contributed by atoms with Gasteiger partial charge in [-0.15, -0.1) is 0 Å². The van der Waals surface area contributed by atoms with Gasteiger partial charge >= 0.3 is 0 Å². The molecule has 472 valence electrons. The molecular weight excluding hydrogens is 1200 g/mol. The van der Waals surface area contributed by atoms with Gasteiger partial charge in [0.25, 0.3) is 0 Å². The van der Waals surface area contributed by atoms with Crippen LogP contribution >= 0.6 is 0 Å². The minimum atomic E-state index is 1.08. The molecule has 0 aliphatic heterocycles. The van der Waals surface area contributed by atoms with E-state index in [1.807, 2.05) is 0 Å². The highest BCUT2D eigenvalue weighted by atomic mass is 15.2. The molecule has 4 heteroatoms. The van der Waals surface area contributed by atoms with Gasteiger partial charge in [-0.25, -0.2) is 0 Å². The zero-order valence-electron chi connectivity index (χ0n) is 55.1. The number of benzene rings is 15. The van der Waals surface area contributed by atoms with Crippen molar-refractivity contribution >= 4 is 92.6 Å². The van der Waals surface area contributed by atoms with Crippen molar-refractivity contribution in [2.75, 3.05) is 19.6 Å². The van der Waals surface area contributed by atoms with E-state index in [-0.39, 0.29) is 0 Å². The molecular formula is C95H72N4. The molecule has 15 aromatic carbocycles. The van der Waals surface area contributed by atoms with E-state index in [2.05, 4.69) is 445 Å². The third-order valence-corrected chi connectivity index (χ3v) is 18.1. The predicted octanol–water partition coefficient (Wildman–Crippen LogP) is 26.9. The molecule has 0 radical (unpaired) electrons. The van der Waals surface area contributed by atoms with E-state index in [1.165, 1.54) is 16.7 Å². The number of anilines is 12. The van der Waals surface area contributed by atoms with Crippen molar-refractivity contribution in [3.8, 4) is 44.5 Å². The van der Waals surface area contributed by atoms with Gasteiger partial charge in [0, 0.05) is 68.2 Å². The number of hydrogen-bond donors (Lipinski definition) is 0. The van der Waals surface area contributed by atoms with E-state index >= 15 is 0 Å². The Kier molecular flexibility index (Phi) is 18.4. The minimum absolute atomic E-state index is 1.08. The van der Waals surface area contributed by atoms with Gasteiger partial charge in [0.15, 0.2) is 0 Å². The Labute approximate surface area is 582 Å². The predicted molar refractivity (Wildman–Crippen MR) is 422 cm³/mol. The fraction of sp³-hybridized carbons (Fsp3) is 0.0105. The van der Waals surface area contributed by atoms with Crippen molar-refractivity contribution in [1.29, 1.82) is 0 Å². The molecule has 0 bridgehead atoms. The smallest absolute Gasteiger partial charge is 0.0467 e. The van der Waals surface area contributed by atoms with Crippen LogP contribution in [0, 0.1) is 6.92 Å². The number of aryl methyl sites for hydroxylation is 1. The highest BCUT2D eigenvalue weighted by Crippen LogP contribution is 2.42. The normalized spacial score (nSPS) is 11.2. The van der Waals surface area contributed by atoms with E-state index in [1.54, 1.807) is 0 Å². The maximum Gasteiger partial charge on any atom is 0.0467 e. The summed E-state index contributed by atoms with van der Waals surface area (Å²) >= 11 is 0. The summed E-state index contributed by atoms with van der Waals surface area (Å²) in [5, 5.41) is 0. The molecule has 0 N–H and O–H groups in total. The van der Waals surface area contributed by atoms with Gasteiger partial charge in [0.2, 0.25) is 0 Å². The second-order valence-electron chi connectivity index (χ2n) is 24.7. The van der Waals surface area contributed by atoms with Gasteiger partial charge in [0.05, 0.1) is 0 Å². The molecule has 0 unspecified atom stereocenters. The number of rotatable bonds is 20. The van der Waals surface area contributed by atoms with Gasteiger partial charge in [-0.3, -0.25) is 0 Å². The molecule has 0 amide bonds. The maximum atomic E-state index is 2.35. The van der Waals surface area contributed by atoms with Crippen LogP contribution in [0.2, 0.25) is 0 Å². The van der Waals surface area contributed by atoms with Gasteiger partial charge in [0.1, 0.15) is 0 Å². The van der Waals surface area contributed by atoms with Crippen molar-refractivity contribution in [1.82, 2.24) is 0 Å². The second kappa shape index (κ2) is 29.3. The van der Waals surface area contributed by atoms with Crippen LogP contribution in [0.5, 0.6) is 0 Å². The Bertz CT molecular complexity index is 5080. The molecule has 0 spiro atoms. The first-order valence-corrected chi connectivity index (χ1v) is 33.8. The average Bonchev–Trinajstić information content (AvgIpc) is 0.811. The van der Waals surface area contributed by atoms with Crippen molar-refractivity contribution in [2.24, 2.45) is 0 Å². The molecule has 15 rings (SSSR count). The fourth-order valence-corrected chi connectivity index (χ4v) is 12.9. The first-order valence-electron chi connectivity index (χ1n) is 33.8. The highest BCUT2D eigenvalue weighted by molar-refractivity contribution is 5.86. The minimum Gasteiger partial charge on any atom is -0.311 e. The van der Waals surface area contributed by atoms with E-state index in [0.29, 0.717) is 0 Å². The summed E-state index contributed by atoms with van der Waals surface area (Å²) in [6.07, 6.45) is 8.73. The molecule has 0 saturated carbocycles. The first-order chi connectivity index (χ1) is 49.0. The van der Waals surface area contributed by atoms with E-state index in [4.69, 9.17) is 0 Å². The van der Waals surface area contributed by atoms with Crippen LogP contribution in [0.1, 0.15) is 27.8 Å². The zero-order valence-corrected chi connectivity index (χ0v) is 55.1. The van der Waals surface area contributed by atoms with Crippen molar-refractivity contribution < 1.29 is 0 Å². The highest BCUT2D eigenvalue weighted by Gasteiger charge is 2.18. The number of hydrogen-bond acceptors (Lipinski definition) is 4. The average molecular weight is 1270 g/mol. The maximum absolute atomic E-state index is 2.35. The lowest BCUT2D eigenvalue weighted by atomic mass is 9.98. The summed E-state index contributed by atoms with van der Waals surface area (Å²) in [6, 6.07) is 141. The van der Waals surface area contributed by atoms with Crippen LogP contribution in [-0.2, 0) is 0 Å². The molecule has 0 saturated heterocycles. The van der Waals surface area contributed by atoms with Crippen molar-refractivity contribution in [3.63, 3.8) is 0 Å². The van der Waals surface area contributed by atoms with Crippen LogP contribution in [-0.4, -0.2) is 0 Å². The lowest BCUT2D eigenvalue weighted by molar-refractivity contribution is 1.27. The van der Waals surface area contributed by atoms with Crippen molar-refractivity contribution in [3.05, 3.63) is 422 Å². The fourth-order valence-electron chi connectivity index (χ4n) is 12.9. The quantitative estimate of drug-likeness (QED) is 0.0705. The topological polar surface area (TPSA) is 13.0 Å². The van der Waals surface area contributed by atoms with E-state index in [0.717, 1.165) is 124 Å². The molecule has 0 aliphatic rings.